The highest BCUT2D eigenvalue weighted by atomic mass is 19.3. The number of aromatic nitrogens is 3. The van der Waals surface area contributed by atoms with E-state index in [1.54, 1.807) is 0 Å². The third-order valence-electron chi connectivity index (χ3n) is 3.06. The number of benzene rings is 1. The topological polar surface area (TPSA) is 94.0 Å². The van der Waals surface area contributed by atoms with Crippen molar-refractivity contribution in [1.82, 2.24) is 14.8 Å². The lowest BCUT2D eigenvalue weighted by molar-refractivity contribution is -0.200. The summed E-state index contributed by atoms with van der Waals surface area (Å²) in [4.78, 5) is 14.5. The van der Waals surface area contributed by atoms with Gasteiger partial charge in [-0.15, -0.1) is 0 Å². The van der Waals surface area contributed by atoms with Crippen LogP contribution in [0.1, 0.15) is 5.56 Å². The van der Waals surface area contributed by atoms with Crippen molar-refractivity contribution >= 4 is 5.91 Å². The fraction of sp³-hybridized carbons (Fsp3) is 0.250. The van der Waals surface area contributed by atoms with Gasteiger partial charge in [0.2, 0.25) is 0 Å². The van der Waals surface area contributed by atoms with Crippen LogP contribution in [0.25, 0.3) is 0 Å². The average molecular weight is 318 g/mol. The highest BCUT2D eigenvalue weighted by Gasteiger charge is 2.60. The molecule has 0 saturated carbocycles. The van der Waals surface area contributed by atoms with Gasteiger partial charge in [-0.3, -0.25) is 4.79 Å². The number of primary amides is 1. The van der Waals surface area contributed by atoms with E-state index in [2.05, 4.69) is 15.8 Å². The molecule has 0 spiro atoms. The Morgan fingerprint density at radius 1 is 1.36 bits per heavy atom. The highest BCUT2D eigenvalue weighted by Crippen LogP contribution is 2.40. The van der Waals surface area contributed by atoms with Gasteiger partial charge in [0.25, 0.3) is 5.91 Å². The molecule has 118 valence electrons. The van der Waals surface area contributed by atoms with Gasteiger partial charge in [0.1, 0.15) is 24.3 Å². The monoisotopic (exact) mass is 318 g/mol. The molecule has 1 atom stereocenters. The SMILES string of the molecule is NC(=O)C(F)(F)[C@@](O)(Cn1cncn1)c1ccc(F)cc1F. The summed E-state index contributed by atoms with van der Waals surface area (Å²) in [5.74, 6) is -9.20. The van der Waals surface area contributed by atoms with Crippen LogP contribution in [0.3, 0.4) is 0 Å². The smallest absolute Gasteiger partial charge is 0.358 e. The van der Waals surface area contributed by atoms with E-state index in [1.807, 2.05) is 0 Å². The number of aliphatic hydroxyl groups is 1. The highest BCUT2D eigenvalue weighted by molar-refractivity contribution is 5.83. The quantitative estimate of drug-likeness (QED) is 0.788. The molecule has 0 radical (unpaired) electrons. The van der Waals surface area contributed by atoms with Crippen molar-refractivity contribution in [2.75, 3.05) is 0 Å². The number of alkyl halides is 2. The molecule has 2 aromatic rings. The lowest BCUT2D eigenvalue weighted by Gasteiger charge is -2.34. The molecule has 3 N–H and O–H groups in total. The Labute approximate surface area is 121 Å². The molecule has 0 saturated heterocycles. The molecule has 2 rings (SSSR count). The largest absolute Gasteiger partial charge is 0.377 e. The number of hydrogen-bond acceptors (Lipinski definition) is 4. The number of amides is 1. The van der Waals surface area contributed by atoms with Gasteiger partial charge >= 0.3 is 5.92 Å². The number of nitrogens with two attached hydrogens (primary N) is 1. The fourth-order valence-electron chi connectivity index (χ4n) is 1.93. The number of halogens is 4. The zero-order valence-electron chi connectivity index (χ0n) is 10.9. The van der Waals surface area contributed by atoms with Crippen LogP contribution in [0.2, 0.25) is 0 Å². The summed E-state index contributed by atoms with van der Waals surface area (Å²) in [6.07, 6.45) is 1.97. The van der Waals surface area contributed by atoms with Crippen LogP contribution >= 0.6 is 0 Å². The van der Waals surface area contributed by atoms with E-state index in [0.29, 0.717) is 18.2 Å². The molecule has 10 heteroatoms. The Kier molecular flexibility index (Phi) is 3.88. The lowest BCUT2D eigenvalue weighted by Crippen LogP contribution is -2.56. The third kappa shape index (κ3) is 2.52. The van der Waals surface area contributed by atoms with Crippen molar-refractivity contribution in [2.45, 2.75) is 18.1 Å². The first-order valence-electron chi connectivity index (χ1n) is 5.86. The van der Waals surface area contributed by atoms with Crippen LogP contribution in [0, 0.1) is 11.6 Å². The summed E-state index contributed by atoms with van der Waals surface area (Å²) in [5.41, 5.74) is 0.249. The van der Waals surface area contributed by atoms with Crippen LogP contribution in [0.5, 0.6) is 0 Å². The summed E-state index contributed by atoms with van der Waals surface area (Å²) >= 11 is 0. The van der Waals surface area contributed by atoms with Crippen LogP contribution in [0.4, 0.5) is 17.6 Å². The standard InChI is InChI=1S/C12H10F4N4O2/c13-7-1-2-8(9(14)3-7)11(22,12(15,16)10(17)21)4-20-6-18-5-19-20/h1-3,5-6,22H,4H2,(H2,17,21)/t11-/m1/s1. The number of carbonyl (C=O) groups is 1. The van der Waals surface area contributed by atoms with Crippen molar-refractivity contribution in [1.29, 1.82) is 0 Å². The lowest BCUT2D eigenvalue weighted by atomic mass is 9.86. The Hall–Kier alpha value is -2.49. The first-order chi connectivity index (χ1) is 10.2. The first kappa shape index (κ1) is 15.9. The van der Waals surface area contributed by atoms with Crippen LogP contribution in [-0.4, -0.2) is 31.7 Å². The molecule has 0 fully saturated rings. The van der Waals surface area contributed by atoms with Gasteiger partial charge in [0.15, 0.2) is 5.60 Å². The second-order valence-electron chi connectivity index (χ2n) is 4.52. The van der Waals surface area contributed by atoms with E-state index in [9.17, 15) is 27.5 Å². The fourth-order valence-corrected chi connectivity index (χ4v) is 1.93. The number of nitrogens with zero attached hydrogens (tertiary/aromatic N) is 3. The van der Waals surface area contributed by atoms with Crippen molar-refractivity contribution in [2.24, 2.45) is 5.73 Å². The summed E-state index contributed by atoms with van der Waals surface area (Å²) in [5, 5.41) is 13.8. The van der Waals surface area contributed by atoms with Crippen LogP contribution in [-0.2, 0) is 16.9 Å². The summed E-state index contributed by atoms with van der Waals surface area (Å²) < 4.78 is 55.8. The maximum Gasteiger partial charge on any atom is 0.358 e. The van der Waals surface area contributed by atoms with Crippen molar-refractivity contribution < 1.29 is 27.5 Å². The third-order valence-corrected chi connectivity index (χ3v) is 3.06. The molecule has 0 aliphatic carbocycles. The normalized spacial score (nSPS) is 14.6. The van der Waals surface area contributed by atoms with E-state index in [0.717, 1.165) is 17.3 Å². The minimum atomic E-state index is -4.54. The van der Waals surface area contributed by atoms with Gasteiger partial charge < -0.3 is 10.8 Å². The van der Waals surface area contributed by atoms with E-state index >= 15 is 0 Å². The minimum absolute atomic E-state index is 0.304. The van der Waals surface area contributed by atoms with Crippen molar-refractivity contribution in [3.05, 3.63) is 48.1 Å². The predicted molar refractivity (Wildman–Crippen MR) is 64.4 cm³/mol. The second kappa shape index (κ2) is 5.37. The van der Waals surface area contributed by atoms with E-state index in [4.69, 9.17) is 0 Å². The van der Waals surface area contributed by atoms with Gasteiger partial charge in [-0.1, -0.05) is 0 Å². The molecule has 6 nitrogen and oxygen atoms in total. The molecule has 0 aliphatic heterocycles. The molecule has 0 bridgehead atoms. The summed E-state index contributed by atoms with van der Waals surface area (Å²) in [7, 11) is 0. The van der Waals surface area contributed by atoms with Crippen LogP contribution in [0.15, 0.2) is 30.9 Å². The Morgan fingerprint density at radius 2 is 2.05 bits per heavy atom. The second-order valence-corrected chi connectivity index (χ2v) is 4.52. The van der Waals surface area contributed by atoms with Gasteiger partial charge in [-0.05, 0) is 12.1 Å². The molecule has 1 amide bonds. The maximum atomic E-state index is 14.1. The summed E-state index contributed by atoms with van der Waals surface area (Å²) in [6, 6.07) is 1.58. The van der Waals surface area contributed by atoms with Gasteiger partial charge in [0, 0.05) is 11.6 Å². The molecule has 0 unspecified atom stereocenters. The average Bonchev–Trinajstić information content (AvgIpc) is 2.90. The van der Waals surface area contributed by atoms with E-state index in [1.165, 1.54) is 0 Å². The van der Waals surface area contributed by atoms with Gasteiger partial charge in [0.05, 0.1) is 6.54 Å². The minimum Gasteiger partial charge on any atom is -0.377 e. The van der Waals surface area contributed by atoms with Crippen molar-refractivity contribution in [3.8, 4) is 0 Å². The number of rotatable bonds is 5. The molecule has 22 heavy (non-hydrogen) atoms. The first-order valence-corrected chi connectivity index (χ1v) is 5.86. The molecule has 1 aromatic carbocycles. The zero-order chi connectivity index (χ0) is 16.5. The Bertz CT molecular complexity index is 692. The molecular formula is C12H10F4N4O2. The van der Waals surface area contributed by atoms with Crippen molar-refractivity contribution in [3.63, 3.8) is 0 Å². The molecule has 1 aromatic heterocycles. The zero-order valence-corrected chi connectivity index (χ0v) is 10.9. The molecule has 1 heterocycles. The van der Waals surface area contributed by atoms with E-state index in [-0.39, 0.29) is 0 Å². The van der Waals surface area contributed by atoms with E-state index < -0.39 is 41.2 Å². The molecular weight excluding hydrogens is 308 g/mol. The van der Waals surface area contributed by atoms with Gasteiger partial charge in [-0.2, -0.15) is 13.9 Å². The number of carbonyl (C=O) groups excluding carboxylic acids is 1. The van der Waals surface area contributed by atoms with Gasteiger partial charge in [-0.25, -0.2) is 18.4 Å². The Balaban J connectivity index is 2.61. The Morgan fingerprint density at radius 3 is 2.55 bits per heavy atom. The predicted octanol–water partition coefficient (Wildman–Crippen LogP) is 0.565. The summed E-state index contributed by atoms with van der Waals surface area (Å²) in [6.45, 7) is -1.02. The molecule has 0 aliphatic rings. The number of hydrogen-bond donors (Lipinski definition) is 2. The van der Waals surface area contributed by atoms with Crippen LogP contribution < -0.4 is 5.73 Å². The maximum absolute atomic E-state index is 14.1.